The van der Waals surface area contributed by atoms with E-state index in [1.54, 1.807) is 0 Å². The third-order valence-corrected chi connectivity index (χ3v) is 6.07. The van der Waals surface area contributed by atoms with E-state index in [0.717, 1.165) is 41.8 Å². The van der Waals surface area contributed by atoms with E-state index in [9.17, 15) is 9.59 Å². The average Bonchev–Trinajstić information content (AvgIpc) is 2.68. The zero-order valence-corrected chi connectivity index (χ0v) is 19.8. The van der Waals surface area contributed by atoms with Crippen LogP contribution in [0.4, 0.5) is 21.0 Å². The number of carbonyl (C=O) groups is 2. The summed E-state index contributed by atoms with van der Waals surface area (Å²) in [6.45, 7) is 11.2. The summed E-state index contributed by atoms with van der Waals surface area (Å²) in [5, 5.41) is 12.0. The lowest BCUT2D eigenvalue weighted by Crippen LogP contribution is -2.51. The molecule has 0 saturated heterocycles. The van der Waals surface area contributed by atoms with Gasteiger partial charge in [-0.25, -0.2) is 9.59 Å². The highest BCUT2D eigenvalue weighted by Crippen LogP contribution is 2.45. The number of benzene rings is 2. The second kappa shape index (κ2) is 9.63. The topological polar surface area (TPSA) is 82.3 Å². The van der Waals surface area contributed by atoms with Crippen LogP contribution in [0.1, 0.15) is 51.2 Å². The van der Waals surface area contributed by atoms with Crippen molar-refractivity contribution in [2.24, 2.45) is 10.8 Å². The van der Waals surface area contributed by atoms with Gasteiger partial charge in [0.2, 0.25) is 0 Å². The molecule has 0 heterocycles. The van der Waals surface area contributed by atoms with Gasteiger partial charge in [0.05, 0.1) is 0 Å². The maximum atomic E-state index is 12.6. The van der Waals surface area contributed by atoms with Gasteiger partial charge >= 0.3 is 12.1 Å². The number of urea groups is 2. The van der Waals surface area contributed by atoms with Crippen molar-refractivity contribution in [1.82, 2.24) is 10.6 Å². The van der Waals surface area contributed by atoms with Crippen molar-refractivity contribution in [3.05, 3.63) is 59.7 Å². The van der Waals surface area contributed by atoms with Gasteiger partial charge in [-0.1, -0.05) is 56.2 Å². The van der Waals surface area contributed by atoms with Crippen LogP contribution >= 0.6 is 0 Å². The third-order valence-electron chi connectivity index (χ3n) is 6.07. The molecule has 172 valence electrons. The van der Waals surface area contributed by atoms with Gasteiger partial charge in [-0.2, -0.15) is 0 Å². The van der Waals surface area contributed by atoms with Gasteiger partial charge in [0.1, 0.15) is 0 Å². The number of anilines is 2. The Balaban J connectivity index is 1.55. The average molecular weight is 437 g/mol. The molecular formula is C26H36N4O2. The minimum atomic E-state index is -0.208. The molecule has 0 unspecified atom stereocenters. The number of carbonyl (C=O) groups excluding carboxylic acids is 2. The van der Waals surface area contributed by atoms with Crippen molar-refractivity contribution in [3.8, 4) is 0 Å². The van der Waals surface area contributed by atoms with E-state index >= 15 is 0 Å². The molecule has 2 aromatic carbocycles. The molecule has 4 N–H and O–H groups in total. The van der Waals surface area contributed by atoms with E-state index in [1.807, 2.05) is 62.4 Å². The predicted octanol–water partition coefficient (Wildman–Crippen LogP) is 5.83. The molecule has 1 fully saturated rings. The molecule has 6 heteroatoms. The summed E-state index contributed by atoms with van der Waals surface area (Å²) in [6, 6.07) is 15.1. The molecule has 2 aromatic rings. The predicted molar refractivity (Wildman–Crippen MR) is 131 cm³/mol. The zero-order chi connectivity index (χ0) is 23.4. The van der Waals surface area contributed by atoms with Gasteiger partial charge in [-0.3, -0.25) is 0 Å². The van der Waals surface area contributed by atoms with Gasteiger partial charge in [0.25, 0.3) is 0 Å². The van der Waals surface area contributed by atoms with E-state index < -0.39 is 0 Å². The number of hydrogen-bond donors (Lipinski definition) is 4. The summed E-state index contributed by atoms with van der Waals surface area (Å²) in [7, 11) is 0. The first kappa shape index (κ1) is 23.6. The molecule has 0 spiro atoms. The zero-order valence-electron chi connectivity index (χ0n) is 19.8. The molecule has 0 radical (unpaired) electrons. The lowest BCUT2D eigenvalue weighted by molar-refractivity contribution is 0.0761. The molecule has 2 atom stereocenters. The minimum absolute atomic E-state index is 0.0381. The van der Waals surface area contributed by atoms with Gasteiger partial charge in [0, 0.05) is 24.0 Å². The summed E-state index contributed by atoms with van der Waals surface area (Å²) < 4.78 is 0. The molecule has 32 heavy (non-hydrogen) atoms. The van der Waals surface area contributed by atoms with E-state index in [0.29, 0.717) is 6.54 Å². The van der Waals surface area contributed by atoms with Gasteiger partial charge < -0.3 is 21.3 Å². The van der Waals surface area contributed by atoms with Crippen LogP contribution < -0.4 is 21.3 Å². The van der Waals surface area contributed by atoms with Crippen LogP contribution in [0.3, 0.4) is 0 Å². The van der Waals surface area contributed by atoms with Crippen LogP contribution in [0.5, 0.6) is 0 Å². The number of nitrogens with one attached hydrogen (secondary N) is 4. The van der Waals surface area contributed by atoms with Crippen molar-refractivity contribution < 1.29 is 9.59 Å². The fraction of sp³-hybridized carbons (Fsp3) is 0.462. The molecular weight excluding hydrogens is 400 g/mol. The van der Waals surface area contributed by atoms with E-state index in [4.69, 9.17) is 0 Å². The van der Waals surface area contributed by atoms with Crippen LogP contribution in [0.15, 0.2) is 48.5 Å². The Hall–Kier alpha value is -3.02. The lowest BCUT2D eigenvalue weighted by atomic mass is 9.62. The van der Waals surface area contributed by atoms with Gasteiger partial charge in [0.15, 0.2) is 0 Å². The van der Waals surface area contributed by atoms with Crippen molar-refractivity contribution >= 4 is 23.4 Å². The van der Waals surface area contributed by atoms with Crippen LogP contribution in [0.2, 0.25) is 0 Å². The lowest BCUT2D eigenvalue weighted by Gasteiger charge is -2.46. The highest BCUT2D eigenvalue weighted by Gasteiger charge is 2.41. The van der Waals surface area contributed by atoms with Gasteiger partial charge in [-0.05, 0) is 68.2 Å². The van der Waals surface area contributed by atoms with E-state index in [1.165, 1.54) is 0 Å². The van der Waals surface area contributed by atoms with E-state index in [2.05, 4.69) is 42.0 Å². The third kappa shape index (κ3) is 7.01. The van der Waals surface area contributed by atoms with Crippen molar-refractivity contribution in [2.45, 2.75) is 59.9 Å². The Bertz CT molecular complexity index is 937. The molecule has 1 saturated carbocycles. The first-order chi connectivity index (χ1) is 15.0. The smallest absolute Gasteiger partial charge is 0.319 e. The number of rotatable bonds is 5. The Morgan fingerprint density at radius 2 is 1.31 bits per heavy atom. The van der Waals surface area contributed by atoms with Crippen LogP contribution in [-0.2, 0) is 0 Å². The summed E-state index contributed by atoms with van der Waals surface area (Å²) in [4.78, 5) is 25.0. The molecule has 0 aromatic heterocycles. The summed E-state index contributed by atoms with van der Waals surface area (Å²) >= 11 is 0. The maximum absolute atomic E-state index is 12.6. The molecule has 3 rings (SSSR count). The SMILES string of the molecule is Cc1ccc(NC(=O)NC[C@@]2(C)C[C@H](NC(=O)Nc3ccc(C)cc3)CC(C)(C)C2)cc1. The standard InChI is InChI=1S/C26H36N4O2/c1-18-6-10-20(11-7-18)28-23(31)27-17-26(5)15-22(14-25(3,4)16-26)30-24(32)29-21-12-8-19(2)9-13-21/h6-13,22H,14-17H2,1-5H3,(H2,27,28,31)(H2,29,30,32)/t22-,26+/m1/s1. The number of hydrogen-bond acceptors (Lipinski definition) is 2. The molecule has 0 bridgehead atoms. The molecule has 4 amide bonds. The molecule has 0 aliphatic heterocycles. The summed E-state index contributed by atoms with van der Waals surface area (Å²) in [6.07, 6.45) is 2.69. The summed E-state index contributed by atoms with van der Waals surface area (Å²) in [5.41, 5.74) is 3.80. The monoisotopic (exact) mass is 436 g/mol. The highest BCUT2D eigenvalue weighted by molar-refractivity contribution is 5.90. The number of amides is 4. The van der Waals surface area contributed by atoms with Crippen molar-refractivity contribution in [3.63, 3.8) is 0 Å². The molecule has 6 nitrogen and oxygen atoms in total. The first-order valence-electron chi connectivity index (χ1n) is 11.3. The highest BCUT2D eigenvalue weighted by atomic mass is 16.2. The summed E-state index contributed by atoms with van der Waals surface area (Å²) in [5.74, 6) is 0. The Morgan fingerprint density at radius 1 is 0.812 bits per heavy atom. The normalized spacial score (nSPS) is 22.0. The fourth-order valence-corrected chi connectivity index (χ4v) is 4.97. The molecule has 1 aliphatic carbocycles. The second-order valence-electron chi connectivity index (χ2n) is 10.4. The van der Waals surface area contributed by atoms with Crippen LogP contribution in [0.25, 0.3) is 0 Å². The molecule has 1 aliphatic rings. The minimum Gasteiger partial charge on any atom is -0.337 e. The first-order valence-corrected chi connectivity index (χ1v) is 11.3. The Kier molecular flexibility index (Phi) is 7.12. The Morgan fingerprint density at radius 3 is 1.84 bits per heavy atom. The van der Waals surface area contributed by atoms with Crippen molar-refractivity contribution in [2.75, 3.05) is 17.2 Å². The fourth-order valence-electron chi connectivity index (χ4n) is 4.97. The van der Waals surface area contributed by atoms with Gasteiger partial charge in [-0.15, -0.1) is 0 Å². The van der Waals surface area contributed by atoms with Crippen molar-refractivity contribution in [1.29, 1.82) is 0 Å². The maximum Gasteiger partial charge on any atom is 0.319 e. The van der Waals surface area contributed by atoms with Crippen LogP contribution in [-0.4, -0.2) is 24.6 Å². The number of aryl methyl sites for hydroxylation is 2. The van der Waals surface area contributed by atoms with Crippen LogP contribution in [0, 0.1) is 24.7 Å². The second-order valence-corrected chi connectivity index (χ2v) is 10.4. The quantitative estimate of drug-likeness (QED) is 0.475. The largest absolute Gasteiger partial charge is 0.337 e. The van der Waals surface area contributed by atoms with E-state index in [-0.39, 0.29) is 28.9 Å². The Labute approximate surface area is 191 Å².